The van der Waals surface area contributed by atoms with Gasteiger partial charge in [-0.2, -0.15) is 0 Å². The van der Waals surface area contributed by atoms with Crippen molar-refractivity contribution < 1.29 is 39.3 Å². The molecule has 0 bridgehead atoms. The average molecular weight is 830 g/mol. The zero-order chi connectivity index (χ0) is 42.2. The number of benzene rings is 2. The van der Waals surface area contributed by atoms with Crippen LogP contribution in [0.2, 0.25) is 0 Å². The number of aliphatic carboxylic acids is 3. The van der Waals surface area contributed by atoms with E-state index in [0.29, 0.717) is 11.4 Å². The number of carbonyl (C=O) groups excluding carboxylic acids is 2. The number of nitrogens with one attached hydrogen (secondary N) is 2. The van der Waals surface area contributed by atoms with Gasteiger partial charge in [0.05, 0.1) is 52.5 Å². The Labute approximate surface area is 343 Å². The lowest BCUT2D eigenvalue weighted by atomic mass is 10.2. The molecule has 2 heterocycles. The van der Waals surface area contributed by atoms with Gasteiger partial charge in [-0.15, -0.1) is 22.7 Å². The van der Waals surface area contributed by atoms with Crippen LogP contribution in [-0.4, -0.2) is 129 Å². The van der Waals surface area contributed by atoms with Gasteiger partial charge < -0.3 is 26.0 Å². The normalized spacial score (nSPS) is 12.8. The molecule has 5 N–H and O–H groups in total. The number of rotatable bonds is 21. The molecule has 15 nitrogen and oxygen atoms in total. The Morgan fingerprint density at radius 3 is 1.33 bits per heavy atom. The molecule has 0 saturated heterocycles. The fourth-order valence-corrected chi connectivity index (χ4v) is 7.76. The third-order valence-corrected chi connectivity index (χ3v) is 10.9. The van der Waals surface area contributed by atoms with Crippen molar-refractivity contribution in [2.45, 2.75) is 20.8 Å². The van der Waals surface area contributed by atoms with Crippen LogP contribution in [0, 0.1) is 0 Å². The summed E-state index contributed by atoms with van der Waals surface area (Å²) in [7, 11) is 0. The zero-order valence-corrected chi connectivity index (χ0v) is 34.1. The van der Waals surface area contributed by atoms with Gasteiger partial charge in [-0.25, -0.2) is 9.97 Å². The van der Waals surface area contributed by atoms with E-state index in [1.165, 1.54) is 26.0 Å². The molecule has 0 aliphatic heterocycles. The van der Waals surface area contributed by atoms with Crippen LogP contribution in [-0.2, 0) is 24.0 Å². The molecule has 4 aromatic rings. The van der Waals surface area contributed by atoms with Gasteiger partial charge in [0.25, 0.3) is 0 Å². The van der Waals surface area contributed by atoms with Crippen molar-refractivity contribution in [2.75, 3.05) is 69.5 Å². The van der Waals surface area contributed by atoms with E-state index < -0.39 is 49.4 Å². The highest BCUT2D eigenvalue weighted by Gasteiger charge is 2.20. The third kappa shape index (κ3) is 14.0. The second-order valence-electron chi connectivity index (χ2n) is 12.9. The molecule has 0 fully saturated rings. The minimum Gasteiger partial charge on any atom is -0.480 e. The monoisotopic (exact) mass is 829 g/mol. The van der Waals surface area contributed by atoms with Gasteiger partial charge in [-0.05, 0) is 75.4 Å². The first kappa shape index (κ1) is 44.9. The van der Waals surface area contributed by atoms with Crippen molar-refractivity contribution in [1.82, 2.24) is 24.7 Å². The van der Waals surface area contributed by atoms with Gasteiger partial charge in [-0.3, -0.25) is 38.7 Å². The number of carboxylic acid groups (broad SMARTS) is 3. The number of amides is 2. The number of carboxylic acids is 3. The summed E-state index contributed by atoms with van der Waals surface area (Å²) in [6.07, 6.45) is 9.41. The smallest absolute Gasteiger partial charge is 0.317 e. The van der Waals surface area contributed by atoms with Crippen LogP contribution in [0.25, 0.3) is 45.4 Å². The highest BCUT2D eigenvalue weighted by atomic mass is 32.1. The predicted molar refractivity (Wildman–Crippen MR) is 228 cm³/mol. The molecule has 0 aliphatic carbocycles. The van der Waals surface area contributed by atoms with E-state index in [2.05, 4.69) is 27.2 Å². The summed E-state index contributed by atoms with van der Waals surface area (Å²) in [4.78, 5) is 74.7. The Morgan fingerprint density at radius 1 is 0.586 bits per heavy atom. The number of hydrogen-bond acceptors (Lipinski definition) is 12. The molecule has 0 aliphatic rings. The van der Waals surface area contributed by atoms with Gasteiger partial charge in [0.1, 0.15) is 10.0 Å². The topological polar surface area (TPSA) is 206 Å². The molecule has 17 heteroatoms. The summed E-state index contributed by atoms with van der Waals surface area (Å²) < 4.78 is 2.07. The van der Waals surface area contributed by atoms with Crippen molar-refractivity contribution in [3.8, 4) is 21.1 Å². The van der Waals surface area contributed by atoms with E-state index in [0.717, 1.165) is 40.9 Å². The maximum absolute atomic E-state index is 13.0. The molecular weight excluding hydrogens is 783 g/mol. The summed E-state index contributed by atoms with van der Waals surface area (Å²) in [6.45, 7) is 7.71. The van der Waals surface area contributed by atoms with E-state index in [9.17, 15) is 39.3 Å². The first-order valence-corrected chi connectivity index (χ1v) is 19.9. The Morgan fingerprint density at radius 2 is 0.966 bits per heavy atom. The van der Waals surface area contributed by atoms with Gasteiger partial charge in [-0.1, -0.05) is 30.9 Å². The fraction of sp³-hybridized carbons (Fsp3) is 0.293. The Hall–Kier alpha value is -5.85. The molecule has 306 valence electrons. The molecule has 0 atom stereocenters. The Bertz CT molecular complexity index is 2310. The SMILES string of the molecule is C=C/C=c1/nc(-c2ccc(NC(=O)CN(CCN(CCN(CC(=O)O)CC(=O)Nc3ccc(-c4nc(=C/C)/c(=C\C)s4)cc3)CC(=O)O)CC(=O)O)cc2)s/c1=C/C. The van der Waals surface area contributed by atoms with E-state index >= 15 is 0 Å². The van der Waals surface area contributed by atoms with Gasteiger partial charge in [0.15, 0.2) is 0 Å². The molecule has 0 saturated carbocycles. The highest BCUT2D eigenvalue weighted by molar-refractivity contribution is 7.13. The minimum atomic E-state index is -1.17. The summed E-state index contributed by atoms with van der Waals surface area (Å²) in [5.74, 6) is -4.43. The molecular formula is C41H47N7O8S2. The number of allylic oxidation sites excluding steroid dienone is 1. The van der Waals surface area contributed by atoms with Gasteiger partial charge in [0, 0.05) is 48.7 Å². The second-order valence-corrected chi connectivity index (χ2v) is 15.0. The molecule has 2 aromatic carbocycles. The van der Waals surface area contributed by atoms with Crippen molar-refractivity contribution in [2.24, 2.45) is 0 Å². The first-order chi connectivity index (χ1) is 27.8. The Kier molecular flexibility index (Phi) is 17.2. The summed E-state index contributed by atoms with van der Waals surface area (Å²) in [6, 6.07) is 14.2. The molecule has 58 heavy (non-hydrogen) atoms. The quantitative estimate of drug-likeness (QED) is 0.0817. The minimum absolute atomic E-state index is 0.0171. The predicted octanol–water partition coefficient (Wildman–Crippen LogP) is 2.04. The standard InChI is InChI=1S/C41H47N7O8S2/c1-5-9-32-34(8-4)58-41(45-32)28-12-16-30(17-13-28)43-36(50)23-48(26-39(55)56)21-19-46(24-37(51)52)18-20-47(25-38(53)54)22-35(49)42-29-14-10-27(11-15-29)40-44-31(6-2)33(7-3)57-40/h5-17H,1,18-26H2,2-4H3,(H,42,49)(H,43,50)(H,51,52)(H,53,54)(H,55,56)/b31-6+,32-9+,33-7+,34-8+. The van der Waals surface area contributed by atoms with E-state index in [1.807, 2.05) is 69.3 Å². The molecule has 2 amide bonds. The third-order valence-electron chi connectivity index (χ3n) is 8.54. The summed E-state index contributed by atoms with van der Waals surface area (Å²) >= 11 is 3.08. The number of carbonyl (C=O) groups is 5. The van der Waals surface area contributed by atoms with Crippen LogP contribution in [0.3, 0.4) is 0 Å². The van der Waals surface area contributed by atoms with Crippen LogP contribution >= 0.6 is 22.7 Å². The van der Waals surface area contributed by atoms with Crippen LogP contribution < -0.4 is 30.4 Å². The van der Waals surface area contributed by atoms with Gasteiger partial charge >= 0.3 is 17.9 Å². The molecule has 4 rings (SSSR count). The van der Waals surface area contributed by atoms with Crippen molar-refractivity contribution in [1.29, 1.82) is 0 Å². The first-order valence-electron chi connectivity index (χ1n) is 18.3. The van der Waals surface area contributed by atoms with Crippen molar-refractivity contribution >= 4 is 88.1 Å². The van der Waals surface area contributed by atoms with Crippen LogP contribution in [0.1, 0.15) is 20.8 Å². The summed E-state index contributed by atoms with van der Waals surface area (Å²) in [5, 5.41) is 37.6. The largest absolute Gasteiger partial charge is 0.480 e. The van der Waals surface area contributed by atoms with E-state index in [-0.39, 0.29) is 39.3 Å². The van der Waals surface area contributed by atoms with Gasteiger partial charge in [0.2, 0.25) is 11.8 Å². The number of thiazole rings is 2. The molecule has 0 unspecified atom stereocenters. The summed E-state index contributed by atoms with van der Waals surface area (Å²) in [5.41, 5.74) is 2.74. The van der Waals surface area contributed by atoms with Crippen molar-refractivity contribution in [3.63, 3.8) is 0 Å². The lowest BCUT2D eigenvalue weighted by molar-refractivity contribution is -0.140. The lowest BCUT2D eigenvalue weighted by Crippen LogP contribution is -2.46. The number of anilines is 2. The average Bonchev–Trinajstić information content (AvgIpc) is 3.80. The zero-order valence-electron chi connectivity index (χ0n) is 32.5. The molecule has 2 aromatic heterocycles. The van der Waals surface area contributed by atoms with Crippen LogP contribution in [0.4, 0.5) is 11.4 Å². The van der Waals surface area contributed by atoms with Crippen LogP contribution in [0.15, 0.2) is 61.2 Å². The molecule has 0 radical (unpaired) electrons. The maximum atomic E-state index is 13.0. The maximum Gasteiger partial charge on any atom is 0.317 e. The van der Waals surface area contributed by atoms with Crippen molar-refractivity contribution in [3.05, 3.63) is 80.9 Å². The highest BCUT2D eigenvalue weighted by Crippen LogP contribution is 2.22. The van der Waals surface area contributed by atoms with E-state index in [1.54, 1.807) is 41.7 Å². The number of nitrogens with zero attached hydrogens (tertiary/aromatic N) is 5. The second kappa shape index (κ2) is 22.2. The number of aromatic nitrogens is 2. The Balaban J connectivity index is 1.34. The number of hydrogen-bond donors (Lipinski definition) is 5. The van der Waals surface area contributed by atoms with Crippen LogP contribution in [0.5, 0.6) is 0 Å². The lowest BCUT2D eigenvalue weighted by Gasteiger charge is -2.28. The van der Waals surface area contributed by atoms with E-state index in [4.69, 9.17) is 0 Å². The molecule has 0 spiro atoms. The fourth-order valence-electron chi connectivity index (χ4n) is 5.82.